The minimum atomic E-state index is -0.612. The van der Waals surface area contributed by atoms with E-state index in [1.54, 1.807) is 0 Å². The monoisotopic (exact) mass is 118 g/mol. The SMILES string of the molecule is C[C@H]1CC(F)CCO1. The lowest BCUT2D eigenvalue weighted by atomic mass is 10.1. The summed E-state index contributed by atoms with van der Waals surface area (Å²) in [6.07, 6.45) is 0.696. The zero-order valence-corrected chi connectivity index (χ0v) is 5.06. The summed E-state index contributed by atoms with van der Waals surface area (Å²) in [6.45, 7) is 2.51. The molecule has 0 radical (unpaired) electrons. The van der Waals surface area contributed by atoms with E-state index in [4.69, 9.17) is 4.74 Å². The predicted octanol–water partition coefficient (Wildman–Crippen LogP) is 1.52. The van der Waals surface area contributed by atoms with Crippen LogP contribution in [0.2, 0.25) is 0 Å². The van der Waals surface area contributed by atoms with Gasteiger partial charge in [-0.3, -0.25) is 0 Å². The number of hydrogen-bond donors (Lipinski definition) is 0. The number of halogens is 1. The van der Waals surface area contributed by atoms with Gasteiger partial charge in [0.15, 0.2) is 0 Å². The molecule has 8 heavy (non-hydrogen) atoms. The topological polar surface area (TPSA) is 9.23 Å². The first-order valence-corrected chi connectivity index (χ1v) is 3.04. The van der Waals surface area contributed by atoms with Crippen molar-refractivity contribution >= 4 is 0 Å². The minimum absolute atomic E-state index is 0.138. The van der Waals surface area contributed by atoms with Crippen LogP contribution in [0.3, 0.4) is 0 Å². The van der Waals surface area contributed by atoms with Crippen LogP contribution in [-0.2, 0) is 4.74 Å². The summed E-state index contributed by atoms with van der Waals surface area (Å²) in [7, 11) is 0. The lowest BCUT2D eigenvalue weighted by Crippen LogP contribution is -2.23. The largest absolute Gasteiger partial charge is 0.378 e. The van der Waals surface area contributed by atoms with E-state index in [-0.39, 0.29) is 6.10 Å². The smallest absolute Gasteiger partial charge is 0.105 e. The summed E-state index contributed by atoms with van der Waals surface area (Å²) < 4.78 is 17.5. The molecule has 0 aromatic heterocycles. The van der Waals surface area contributed by atoms with Crippen LogP contribution in [0.4, 0.5) is 4.39 Å². The van der Waals surface area contributed by atoms with Crippen molar-refractivity contribution in [2.45, 2.75) is 32.0 Å². The fraction of sp³-hybridized carbons (Fsp3) is 1.00. The van der Waals surface area contributed by atoms with E-state index in [0.717, 1.165) is 0 Å². The Morgan fingerprint density at radius 1 is 1.62 bits per heavy atom. The Kier molecular flexibility index (Phi) is 1.84. The van der Waals surface area contributed by atoms with Crippen LogP contribution in [0.1, 0.15) is 19.8 Å². The molecule has 0 saturated carbocycles. The molecule has 2 heteroatoms. The maximum atomic E-state index is 12.4. The number of rotatable bonds is 0. The van der Waals surface area contributed by atoms with Gasteiger partial charge in [-0.15, -0.1) is 0 Å². The third-order valence-electron chi connectivity index (χ3n) is 1.42. The van der Waals surface area contributed by atoms with Gasteiger partial charge in [0.05, 0.1) is 6.10 Å². The van der Waals surface area contributed by atoms with E-state index in [1.807, 2.05) is 6.92 Å². The molecular weight excluding hydrogens is 107 g/mol. The average Bonchev–Trinajstić information content (AvgIpc) is 1.64. The van der Waals surface area contributed by atoms with Crippen molar-refractivity contribution in [3.8, 4) is 0 Å². The quantitative estimate of drug-likeness (QED) is 0.468. The molecular formula is C6H11FO. The summed E-state index contributed by atoms with van der Waals surface area (Å²) in [4.78, 5) is 0. The van der Waals surface area contributed by atoms with Crippen LogP contribution in [0.15, 0.2) is 0 Å². The molecule has 2 atom stereocenters. The van der Waals surface area contributed by atoms with Crippen molar-refractivity contribution in [2.24, 2.45) is 0 Å². The lowest BCUT2D eigenvalue weighted by Gasteiger charge is -2.21. The van der Waals surface area contributed by atoms with Gasteiger partial charge in [0, 0.05) is 19.4 Å². The first kappa shape index (κ1) is 6.02. The zero-order valence-electron chi connectivity index (χ0n) is 5.06. The third-order valence-corrected chi connectivity index (χ3v) is 1.42. The van der Waals surface area contributed by atoms with Crippen molar-refractivity contribution in [1.29, 1.82) is 0 Å². The van der Waals surface area contributed by atoms with Gasteiger partial charge in [-0.1, -0.05) is 0 Å². The van der Waals surface area contributed by atoms with Crippen molar-refractivity contribution < 1.29 is 9.13 Å². The molecule has 0 amide bonds. The van der Waals surface area contributed by atoms with E-state index in [2.05, 4.69) is 0 Å². The first-order chi connectivity index (χ1) is 3.79. The zero-order chi connectivity index (χ0) is 5.98. The summed E-state index contributed by atoms with van der Waals surface area (Å²) >= 11 is 0. The van der Waals surface area contributed by atoms with E-state index < -0.39 is 6.17 Å². The van der Waals surface area contributed by atoms with Gasteiger partial charge < -0.3 is 4.74 Å². The van der Waals surface area contributed by atoms with Crippen molar-refractivity contribution in [3.63, 3.8) is 0 Å². The first-order valence-electron chi connectivity index (χ1n) is 3.04. The van der Waals surface area contributed by atoms with Crippen LogP contribution in [0.5, 0.6) is 0 Å². The minimum Gasteiger partial charge on any atom is -0.378 e. The molecule has 1 nitrogen and oxygen atoms in total. The molecule has 1 unspecified atom stereocenters. The molecule has 1 rings (SSSR count). The molecule has 0 aliphatic carbocycles. The lowest BCUT2D eigenvalue weighted by molar-refractivity contribution is -0.00701. The van der Waals surface area contributed by atoms with Gasteiger partial charge in [-0.05, 0) is 6.92 Å². The van der Waals surface area contributed by atoms with Gasteiger partial charge in [-0.2, -0.15) is 0 Å². The standard InChI is InChI=1S/C6H11FO/c1-5-4-6(7)2-3-8-5/h5-6H,2-4H2,1H3/t5-,6?/m0/s1. The number of alkyl halides is 1. The maximum Gasteiger partial charge on any atom is 0.105 e. The Bertz CT molecular complexity index is 66.9. The molecule has 0 spiro atoms. The van der Waals surface area contributed by atoms with Crippen LogP contribution in [0.25, 0.3) is 0 Å². The number of ether oxygens (including phenoxy) is 1. The summed E-state index contributed by atoms with van der Waals surface area (Å²) in [5.41, 5.74) is 0. The molecule has 48 valence electrons. The molecule has 1 saturated heterocycles. The maximum absolute atomic E-state index is 12.4. The van der Waals surface area contributed by atoms with Crippen LogP contribution >= 0.6 is 0 Å². The second-order valence-electron chi connectivity index (χ2n) is 2.30. The van der Waals surface area contributed by atoms with Crippen LogP contribution in [0, 0.1) is 0 Å². The van der Waals surface area contributed by atoms with Gasteiger partial charge in [0.2, 0.25) is 0 Å². The second-order valence-corrected chi connectivity index (χ2v) is 2.30. The van der Waals surface area contributed by atoms with Crippen LogP contribution in [-0.4, -0.2) is 18.9 Å². The Labute approximate surface area is 48.8 Å². The average molecular weight is 118 g/mol. The molecule has 0 aromatic carbocycles. The summed E-state index contributed by atoms with van der Waals surface area (Å²) in [5.74, 6) is 0. The number of hydrogen-bond acceptors (Lipinski definition) is 1. The van der Waals surface area contributed by atoms with Gasteiger partial charge >= 0.3 is 0 Å². The predicted molar refractivity (Wildman–Crippen MR) is 29.5 cm³/mol. The van der Waals surface area contributed by atoms with E-state index in [1.165, 1.54) is 0 Å². The molecule has 0 bridgehead atoms. The van der Waals surface area contributed by atoms with Gasteiger partial charge in [0.1, 0.15) is 6.17 Å². The third kappa shape index (κ3) is 1.44. The molecule has 0 aromatic rings. The van der Waals surface area contributed by atoms with Crippen LogP contribution < -0.4 is 0 Å². The summed E-state index contributed by atoms with van der Waals surface area (Å²) in [6, 6.07) is 0. The van der Waals surface area contributed by atoms with Crippen molar-refractivity contribution in [1.82, 2.24) is 0 Å². The van der Waals surface area contributed by atoms with Gasteiger partial charge in [0.25, 0.3) is 0 Å². The fourth-order valence-corrected chi connectivity index (χ4v) is 0.943. The fourth-order valence-electron chi connectivity index (χ4n) is 0.943. The van der Waals surface area contributed by atoms with E-state index in [0.29, 0.717) is 19.4 Å². The highest BCUT2D eigenvalue weighted by molar-refractivity contribution is 4.66. The second kappa shape index (κ2) is 2.44. The normalized spacial score (nSPS) is 39.8. The Morgan fingerprint density at radius 2 is 2.38 bits per heavy atom. The highest BCUT2D eigenvalue weighted by atomic mass is 19.1. The summed E-state index contributed by atoms with van der Waals surface area (Å²) in [5, 5.41) is 0. The Balaban J connectivity index is 2.23. The Hall–Kier alpha value is -0.110. The molecule has 0 N–H and O–H groups in total. The molecule has 1 aliphatic heterocycles. The van der Waals surface area contributed by atoms with E-state index >= 15 is 0 Å². The molecule has 1 heterocycles. The molecule has 1 aliphatic rings. The van der Waals surface area contributed by atoms with Crippen molar-refractivity contribution in [3.05, 3.63) is 0 Å². The van der Waals surface area contributed by atoms with Gasteiger partial charge in [-0.25, -0.2) is 4.39 Å². The highest BCUT2D eigenvalue weighted by Crippen LogP contribution is 2.15. The molecule has 1 fully saturated rings. The van der Waals surface area contributed by atoms with Crippen molar-refractivity contribution in [2.75, 3.05) is 6.61 Å². The Morgan fingerprint density at radius 3 is 2.75 bits per heavy atom. The van der Waals surface area contributed by atoms with E-state index in [9.17, 15) is 4.39 Å². The highest BCUT2D eigenvalue weighted by Gasteiger charge is 2.17.